The summed E-state index contributed by atoms with van der Waals surface area (Å²) in [6.45, 7) is 3.35. The van der Waals surface area contributed by atoms with Gasteiger partial charge in [0.15, 0.2) is 6.23 Å². The van der Waals surface area contributed by atoms with Gasteiger partial charge in [0.1, 0.15) is 5.52 Å². The predicted octanol–water partition coefficient (Wildman–Crippen LogP) is 5.56. The van der Waals surface area contributed by atoms with Gasteiger partial charge >= 0.3 is 0 Å². The molecule has 6 aromatic rings. The summed E-state index contributed by atoms with van der Waals surface area (Å²) in [5, 5.41) is 24.2. The van der Waals surface area contributed by atoms with Gasteiger partial charge in [-0.05, 0) is 74.2 Å². The number of nitrogens with zero attached hydrogens (tertiary/aromatic N) is 8. The number of ether oxygens (including phenoxy) is 1. The highest BCUT2D eigenvalue weighted by molar-refractivity contribution is 5.85. The van der Waals surface area contributed by atoms with Crippen LogP contribution < -0.4 is 0 Å². The molecule has 0 amide bonds. The van der Waals surface area contributed by atoms with E-state index in [2.05, 4.69) is 40.5 Å². The quantitative estimate of drug-likeness (QED) is 0.299. The van der Waals surface area contributed by atoms with E-state index in [1.54, 1.807) is 6.20 Å². The maximum atomic E-state index is 9.09. The van der Waals surface area contributed by atoms with Crippen molar-refractivity contribution in [1.29, 1.82) is 5.26 Å². The number of aryl methyl sites for hydroxylation is 1. The molecule has 5 heterocycles. The van der Waals surface area contributed by atoms with Crippen molar-refractivity contribution in [3.8, 4) is 23.0 Å². The Balaban J connectivity index is 1.28. The molecule has 1 saturated heterocycles. The molecule has 0 N–H and O–H groups in total. The Morgan fingerprint density at radius 1 is 1.00 bits per heavy atom. The van der Waals surface area contributed by atoms with Crippen LogP contribution in [0, 0.1) is 18.3 Å². The molecule has 2 aromatic carbocycles. The summed E-state index contributed by atoms with van der Waals surface area (Å²) in [6, 6.07) is 20.2. The van der Waals surface area contributed by atoms with Crippen LogP contribution in [-0.2, 0) is 11.3 Å². The number of hydrogen-bond acceptors (Lipinski definition) is 6. The summed E-state index contributed by atoms with van der Waals surface area (Å²) in [4.78, 5) is 4.80. The number of aromatic nitrogens is 7. The van der Waals surface area contributed by atoms with Crippen molar-refractivity contribution in [2.24, 2.45) is 0 Å². The van der Waals surface area contributed by atoms with Crippen LogP contribution in [0.3, 0.4) is 0 Å². The Kier molecular flexibility index (Phi) is 5.68. The minimum atomic E-state index is -0.0349. The van der Waals surface area contributed by atoms with Crippen molar-refractivity contribution in [3.05, 3.63) is 90.0 Å². The summed E-state index contributed by atoms with van der Waals surface area (Å²) in [5.74, 6) is 0. The van der Waals surface area contributed by atoms with E-state index in [9.17, 15) is 0 Å². The molecule has 1 unspecified atom stereocenters. The van der Waals surface area contributed by atoms with Gasteiger partial charge < -0.3 is 4.74 Å². The molecule has 0 radical (unpaired) electrons. The molecule has 0 bridgehead atoms. The number of hydrogen-bond donors (Lipinski definition) is 0. The number of nitriles is 1. The first-order chi connectivity index (χ1) is 19.2. The average molecular weight is 515 g/mol. The van der Waals surface area contributed by atoms with Crippen LogP contribution in [0.2, 0.25) is 0 Å². The van der Waals surface area contributed by atoms with Gasteiger partial charge in [0.25, 0.3) is 0 Å². The van der Waals surface area contributed by atoms with Crippen LogP contribution in [0.15, 0.2) is 73.2 Å². The van der Waals surface area contributed by atoms with Crippen LogP contribution in [0.5, 0.6) is 0 Å². The Morgan fingerprint density at radius 3 is 2.72 bits per heavy atom. The van der Waals surface area contributed by atoms with Crippen LogP contribution in [0.4, 0.5) is 0 Å². The minimum absolute atomic E-state index is 0.0349. The molecule has 192 valence electrons. The largest absolute Gasteiger partial charge is 0.356 e. The first-order valence-corrected chi connectivity index (χ1v) is 13.1. The van der Waals surface area contributed by atoms with Crippen LogP contribution in [-0.4, -0.2) is 40.9 Å². The third-order valence-electron chi connectivity index (χ3n) is 7.37. The highest BCUT2D eigenvalue weighted by atomic mass is 16.5. The molecular formula is C30H26N8O. The van der Waals surface area contributed by atoms with Crippen molar-refractivity contribution >= 4 is 21.9 Å². The zero-order valence-corrected chi connectivity index (χ0v) is 21.5. The Hall–Kier alpha value is -4.81. The summed E-state index contributed by atoms with van der Waals surface area (Å²) < 4.78 is 11.9. The van der Waals surface area contributed by atoms with Crippen LogP contribution >= 0.6 is 0 Å². The van der Waals surface area contributed by atoms with E-state index in [0.29, 0.717) is 12.1 Å². The number of rotatable bonds is 5. The predicted molar refractivity (Wildman–Crippen MR) is 147 cm³/mol. The van der Waals surface area contributed by atoms with Crippen molar-refractivity contribution < 1.29 is 4.74 Å². The van der Waals surface area contributed by atoms with Gasteiger partial charge in [0, 0.05) is 30.0 Å². The topological polar surface area (TPSA) is 99.4 Å². The van der Waals surface area contributed by atoms with Gasteiger partial charge in [-0.25, -0.2) is 9.36 Å². The summed E-state index contributed by atoms with van der Waals surface area (Å²) in [6.07, 6.45) is 8.76. The lowest BCUT2D eigenvalue weighted by Gasteiger charge is -2.23. The van der Waals surface area contributed by atoms with Crippen LogP contribution in [0.1, 0.15) is 42.3 Å². The second-order valence-corrected chi connectivity index (χ2v) is 9.93. The van der Waals surface area contributed by atoms with Crippen LogP contribution in [0.25, 0.3) is 38.9 Å². The molecule has 1 aliphatic rings. The number of fused-ring (bicyclic) bond motifs is 2. The maximum Gasteiger partial charge on any atom is 0.150 e. The van der Waals surface area contributed by atoms with E-state index >= 15 is 0 Å². The molecule has 0 aliphatic carbocycles. The van der Waals surface area contributed by atoms with E-state index in [1.807, 2.05) is 63.7 Å². The minimum Gasteiger partial charge on any atom is -0.356 e. The van der Waals surface area contributed by atoms with E-state index in [0.717, 1.165) is 76.0 Å². The molecule has 1 aliphatic heterocycles. The second-order valence-electron chi connectivity index (χ2n) is 9.93. The molecule has 1 atom stereocenters. The lowest BCUT2D eigenvalue weighted by Crippen LogP contribution is -2.19. The van der Waals surface area contributed by atoms with Crippen molar-refractivity contribution in [2.45, 2.75) is 39.0 Å². The van der Waals surface area contributed by atoms with Gasteiger partial charge in [-0.15, -0.1) is 0 Å². The van der Waals surface area contributed by atoms with E-state index in [-0.39, 0.29) is 6.23 Å². The molecule has 0 saturated carbocycles. The van der Waals surface area contributed by atoms with Crippen molar-refractivity contribution in [3.63, 3.8) is 0 Å². The molecular weight excluding hydrogens is 488 g/mol. The zero-order valence-electron chi connectivity index (χ0n) is 21.5. The Labute approximate surface area is 224 Å². The smallest absolute Gasteiger partial charge is 0.150 e. The highest BCUT2D eigenvalue weighted by Gasteiger charge is 2.20. The fraction of sp³-hybridized carbons (Fsp3) is 0.233. The molecule has 1 fully saturated rings. The number of pyridine rings is 1. The second kappa shape index (κ2) is 9.49. The molecule has 9 heteroatoms. The first kappa shape index (κ1) is 23.3. The molecule has 0 spiro atoms. The fourth-order valence-electron chi connectivity index (χ4n) is 5.35. The zero-order chi connectivity index (χ0) is 26.3. The van der Waals surface area contributed by atoms with Gasteiger partial charge in [0.2, 0.25) is 0 Å². The van der Waals surface area contributed by atoms with Gasteiger partial charge in [-0.2, -0.15) is 20.6 Å². The molecule has 9 nitrogen and oxygen atoms in total. The fourth-order valence-corrected chi connectivity index (χ4v) is 5.35. The maximum absolute atomic E-state index is 9.09. The highest BCUT2D eigenvalue weighted by Crippen LogP contribution is 2.30. The normalized spacial score (nSPS) is 15.6. The Morgan fingerprint density at radius 2 is 1.90 bits per heavy atom. The van der Waals surface area contributed by atoms with Crippen molar-refractivity contribution in [2.75, 3.05) is 6.61 Å². The van der Waals surface area contributed by atoms with Gasteiger partial charge in [-0.1, -0.05) is 12.1 Å². The third kappa shape index (κ3) is 4.15. The first-order valence-electron chi connectivity index (χ1n) is 13.1. The summed E-state index contributed by atoms with van der Waals surface area (Å²) in [5.41, 5.74) is 8.27. The third-order valence-corrected chi connectivity index (χ3v) is 7.37. The monoisotopic (exact) mass is 514 g/mol. The summed E-state index contributed by atoms with van der Waals surface area (Å²) in [7, 11) is 0. The molecule has 7 rings (SSSR count). The van der Waals surface area contributed by atoms with Gasteiger partial charge in [0.05, 0.1) is 52.5 Å². The average Bonchev–Trinajstić information content (AvgIpc) is 3.71. The molecule has 39 heavy (non-hydrogen) atoms. The van der Waals surface area contributed by atoms with Gasteiger partial charge in [-0.3, -0.25) is 9.67 Å². The Bertz CT molecular complexity index is 1850. The molecule has 4 aromatic heterocycles. The SMILES string of the molecule is Cc1nn(-c2ccc3cnn(C4CCCCO4)c3c2)c2cc(-c3ccnn3Cc3ccc(C#N)cc3)cnc12. The summed E-state index contributed by atoms with van der Waals surface area (Å²) >= 11 is 0. The standard InChI is InChI=1S/C30H26N8O/c1-20-30-28(14-24(17-32-30)26-11-12-33-36(26)19-22-7-5-21(16-31)6-8-22)37(35-20)25-10-9-23-18-34-38(27(23)15-25)29-4-2-3-13-39-29/h5-12,14-15,17-18,29H,2-4,13,19H2,1H3. The van der Waals surface area contributed by atoms with Crippen molar-refractivity contribution in [1.82, 2.24) is 34.3 Å². The lowest BCUT2D eigenvalue weighted by molar-refractivity contribution is -0.0366. The van der Waals surface area contributed by atoms with E-state index in [1.165, 1.54) is 0 Å². The van der Waals surface area contributed by atoms with E-state index in [4.69, 9.17) is 20.1 Å². The lowest BCUT2D eigenvalue weighted by atomic mass is 10.1. The number of benzene rings is 2. The van der Waals surface area contributed by atoms with E-state index < -0.39 is 0 Å².